The number of rotatable bonds is 10. The molecule has 2 aliphatic rings. The topological polar surface area (TPSA) is 69.7 Å². The van der Waals surface area contributed by atoms with E-state index in [1.807, 2.05) is 27.7 Å². The van der Waals surface area contributed by atoms with Crippen LogP contribution in [0.15, 0.2) is 0 Å². The molecule has 1 atom stereocenters. The molecule has 0 aromatic carbocycles. The molecule has 2 heterocycles. The van der Waals surface area contributed by atoms with E-state index in [1.54, 1.807) is 0 Å². The minimum atomic E-state index is -0.692. The third-order valence-electron chi connectivity index (χ3n) is 6.42. The van der Waals surface area contributed by atoms with Gasteiger partial charge in [0.2, 0.25) is 5.91 Å². The number of amides is 1. The van der Waals surface area contributed by atoms with Crippen LogP contribution in [-0.2, 0) is 14.4 Å². The van der Waals surface area contributed by atoms with Gasteiger partial charge in [0, 0.05) is 37.3 Å². The SMILES string of the molecule is CC(C)C(=O)CC(NC(=O)CCN1CCC(N2CCCCC2)CC1)C(=O)C(C)C. The first-order valence-electron chi connectivity index (χ1n) is 11.6. The number of piperidine rings is 2. The summed E-state index contributed by atoms with van der Waals surface area (Å²) in [6.07, 6.45) is 6.87. The van der Waals surface area contributed by atoms with Crippen molar-refractivity contribution in [1.82, 2.24) is 15.1 Å². The van der Waals surface area contributed by atoms with Crippen LogP contribution in [0.5, 0.6) is 0 Å². The van der Waals surface area contributed by atoms with Gasteiger partial charge in [-0.2, -0.15) is 0 Å². The Balaban J connectivity index is 1.75. The van der Waals surface area contributed by atoms with Crippen LogP contribution in [0.25, 0.3) is 0 Å². The van der Waals surface area contributed by atoms with Gasteiger partial charge >= 0.3 is 0 Å². The highest BCUT2D eigenvalue weighted by molar-refractivity contribution is 5.94. The third kappa shape index (κ3) is 7.82. The Bertz CT molecular complexity index is 548. The van der Waals surface area contributed by atoms with E-state index < -0.39 is 6.04 Å². The van der Waals surface area contributed by atoms with Crippen LogP contribution in [0.4, 0.5) is 0 Å². The summed E-state index contributed by atoms with van der Waals surface area (Å²) in [4.78, 5) is 42.0. The van der Waals surface area contributed by atoms with Crippen molar-refractivity contribution in [2.45, 2.75) is 84.7 Å². The zero-order chi connectivity index (χ0) is 21.4. The van der Waals surface area contributed by atoms with Crippen molar-refractivity contribution in [2.24, 2.45) is 11.8 Å². The van der Waals surface area contributed by atoms with E-state index >= 15 is 0 Å². The molecule has 1 N–H and O–H groups in total. The molecule has 0 radical (unpaired) electrons. The van der Waals surface area contributed by atoms with E-state index in [0.717, 1.165) is 19.6 Å². The van der Waals surface area contributed by atoms with E-state index in [4.69, 9.17) is 0 Å². The van der Waals surface area contributed by atoms with E-state index in [-0.39, 0.29) is 35.7 Å². The molecular formula is C23H41N3O3. The second-order valence-corrected chi connectivity index (χ2v) is 9.42. The molecule has 2 rings (SSSR count). The number of hydrogen-bond acceptors (Lipinski definition) is 5. The van der Waals surface area contributed by atoms with Crippen LogP contribution in [0.1, 0.15) is 72.6 Å². The first-order valence-corrected chi connectivity index (χ1v) is 11.6. The van der Waals surface area contributed by atoms with E-state index in [9.17, 15) is 14.4 Å². The average molecular weight is 408 g/mol. The Morgan fingerprint density at radius 3 is 2.07 bits per heavy atom. The fraction of sp³-hybridized carbons (Fsp3) is 0.870. The van der Waals surface area contributed by atoms with Crippen LogP contribution in [0.3, 0.4) is 0 Å². The molecule has 0 aromatic rings. The van der Waals surface area contributed by atoms with Crippen molar-refractivity contribution >= 4 is 17.5 Å². The molecule has 1 unspecified atom stereocenters. The van der Waals surface area contributed by atoms with Crippen LogP contribution >= 0.6 is 0 Å². The highest BCUT2D eigenvalue weighted by atomic mass is 16.2. The lowest BCUT2D eigenvalue weighted by Crippen LogP contribution is -2.48. The second kappa shape index (κ2) is 11.8. The molecule has 29 heavy (non-hydrogen) atoms. The van der Waals surface area contributed by atoms with Gasteiger partial charge in [0.25, 0.3) is 0 Å². The van der Waals surface area contributed by atoms with E-state index in [1.165, 1.54) is 45.2 Å². The summed E-state index contributed by atoms with van der Waals surface area (Å²) in [6, 6.07) is 0.0118. The quantitative estimate of drug-likeness (QED) is 0.603. The van der Waals surface area contributed by atoms with Crippen molar-refractivity contribution in [3.05, 3.63) is 0 Å². The third-order valence-corrected chi connectivity index (χ3v) is 6.42. The molecule has 0 spiro atoms. The number of nitrogens with one attached hydrogen (secondary N) is 1. The van der Waals surface area contributed by atoms with Crippen molar-refractivity contribution in [2.75, 3.05) is 32.7 Å². The number of carbonyl (C=O) groups excluding carboxylic acids is 3. The van der Waals surface area contributed by atoms with Gasteiger partial charge in [0.15, 0.2) is 5.78 Å². The Kier molecular flexibility index (Phi) is 9.76. The molecule has 1 amide bonds. The minimum Gasteiger partial charge on any atom is -0.346 e. The van der Waals surface area contributed by atoms with Crippen molar-refractivity contribution in [1.29, 1.82) is 0 Å². The molecule has 166 valence electrons. The Morgan fingerprint density at radius 1 is 0.897 bits per heavy atom. The van der Waals surface area contributed by atoms with Crippen LogP contribution in [-0.4, -0.2) is 72.1 Å². The van der Waals surface area contributed by atoms with Crippen molar-refractivity contribution < 1.29 is 14.4 Å². The first kappa shape index (κ1) is 24.0. The number of nitrogens with zero attached hydrogens (tertiary/aromatic N) is 2. The van der Waals surface area contributed by atoms with Gasteiger partial charge in [0.1, 0.15) is 5.78 Å². The first-order chi connectivity index (χ1) is 13.8. The smallest absolute Gasteiger partial charge is 0.221 e. The highest BCUT2D eigenvalue weighted by Gasteiger charge is 2.28. The van der Waals surface area contributed by atoms with Gasteiger partial charge in [-0.25, -0.2) is 0 Å². The van der Waals surface area contributed by atoms with Crippen molar-refractivity contribution in [3.63, 3.8) is 0 Å². The molecule has 0 bridgehead atoms. The highest BCUT2D eigenvalue weighted by Crippen LogP contribution is 2.21. The lowest BCUT2D eigenvalue weighted by molar-refractivity contribution is -0.132. The summed E-state index contributed by atoms with van der Waals surface area (Å²) in [6.45, 7) is 12.6. The zero-order valence-corrected chi connectivity index (χ0v) is 18.9. The van der Waals surface area contributed by atoms with E-state index in [2.05, 4.69) is 15.1 Å². The molecule has 0 aromatic heterocycles. The van der Waals surface area contributed by atoms with E-state index in [0.29, 0.717) is 12.5 Å². The molecule has 2 fully saturated rings. The number of Topliss-reactive ketones (excluding diaryl/α,β-unsaturated/α-hetero) is 2. The Hall–Kier alpha value is -1.27. The fourth-order valence-corrected chi connectivity index (χ4v) is 4.38. The largest absolute Gasteiger partial charge is 0.346 e. The van der Waals surface area contributed by atoms with Crippen molar-refractivity contribution in [3.8, 4) is 0 Å². The molecule has 2 saturated heterocycles. The predicted molar refractivity (Wildman–Crippen MR) is 116 cm³/mol. The molecule has 0 saturated carbocycles. The number of ketones is 2. The fourth-order valence-electron chi connectivity index (χ4n) is 4.38. The van der Waals surface area contributed by atoms with Gasteiger partial charge in [-0.1, -0.05) is 34.1 Å². The molecule has 2 aliphatic heterocycles. The van der Waals surface area contributed by atoms with Gasteiger partial charge in [0.05, 0.1) is 6.04 Å². The normalized spacial score (nSPS) is 20.8. The van der Waals surface area contributed by atoms with Gasteiger partial charge in [-0.05, 0) is 51.9 Å². The summed E-state index contributed by atoms with van der Waals surface area (Å²) < 4.78 is 0. The second-order valence-electron chi connectivity index (χ2n) is 9.42. The maximum atomic E-state index is 12.5. The summed E-state index contributed by atoms with van der Waals surface area (Å²) in [5, 5.41) is 2.84. The lowest BCUT2D eigenvalue weighted by atomic mass is 9.94. The van der Waals surface area contributed by atoms with Crippen LogP contribution in [0, 0.1) is 11.8 Å². The number of hydrogen-bond donors (Lipinski definition) is 1. The maximum Gasteiger partial charge on any atom is 0.221 e. The summed E-state index contributed by atoms with van der Waals surface area (Å²) in [7, 11) is 0. The summed E-state index contributed by atoms with van der Waals surface area (Å²) in [5.74, 6) is -0.498. The Labute approximate surface area is 176 Å². The summed E-state index contributed by atoms with van der Waals surface area (Å²) >= 11 is 0. The van der Waals surface area contributed by atoms with Gasteiger partial charge < -0.3 is 15.1 Å². The Morgan fingerprint density at radius 2 is 1.52 bits per heavy atom. The maximum absolute atomic E-state index is 12.5. The van der Waals surface area contributed by atoms with Gasteiger partial charge in [-0.3, -0.25) is 14.4 Å². The molecular weight excluding hydrogens is 366 g/mol. The lowest BCUT2D eigenvalue weighted by Gasteiger charge is -2.40. The number of carbonyl (C=O) groups is 3. The summed E-state index contributed by atoms with van der Waals surface area (Å²) in [5.41, 5.74) is 0. The zero-order valence-electron chi connectivity index (χ0n) is 18.9. The van der Waals surface area contributed by atoms with Crippen LogP contribution in [0.2, 0.25) is 0 Å². The molecule has 6 heteroatoms. The predicted octanol–water partition coefficient (Wildman–Crippen LogP) is 2.65. The number of likely N-dealkylation sites (tertiary alicyclic amines) is 2. The average Bonchev–Trinajstić information content (AvgIpc) is 2.72. The molecule has 6 nitrogen and oxygen atoms in total. The standard InChI is InChI=1S/C23H41N3O3/c1-17(2)21(27)16-20(23(29)18(3)4)24-22(28)10-15-25-13-8-19(9-14-25)26-11-6-5-7-12-26/h17-20H,5-16H2,1-4H3,(H,24,28). The van der Waals surface area contributed by atoms with Crippen LogP contribution < -0.4 is 5.32 Å². The van der Waals surface area contributed by atoms with Gasteiger partial charge in [-0.15, -0.1) is 0 Å². The monoisotopic (exact) mass is 407 g/mol. The minimum absolute atomic E-state index is 0.0177. The molecule has 0 aliphatic carbocycles.